The Kier molecular flexibility index (Phi) is 9.98. The van der Waals surface area contributed by atoms with Crippen molar-refractivity contribution in [1.29, 1.82) is 0 Å². The molecule has 1 aliphatic carbocycles. The normalized spacial score (nSPS) is 13.5. The van der Waals surface area contributed by atoms with Gasteiger partial charge in [-0.25, -0.2) is 0 Å². The quantitative estimate of drug-likeness (QED) is 0.162. The maximum Gasteiger partial charge on any atom is 0.0543 e. The summed E-state index contributed by atoms with van der Waals surface area (Å²) in [5.74, 6) is 0. The second-order valence-corrected chi connectivity index (χ2v) is 21.1. The molecule has 0 aliphatic heterocycles. The van der Waals surface area contributed by atoms with Gasteiger partial charge in [-0.3, -0.25) is 0 Å². The molecule has 0 radical (unpaired) electrons. The summed E-state index contributed by atoms with van der Waals surface area (Å²) in [7, 11) is 0. The molecule has 1 heteroatoms. The standard InChI is InChI=1S/C61H61N/c1-58(2,3)43-31-33-47(40-21-13-12-14-22-40)56(38-43)62(46-32-34-50-49-25-15-17-29-53(49)61(10,11)54(50)39-46)55-30-18-16-26-51(55)52-28-20-24-41-23-19-27-48(57(41)52)42-35-44(59(4,5)6)37-45(36-42)60(7,8)9/h12-39H,1-11H3. The van der Waals surface area contributed by atoms with Gasteiger partial charge in [0.25, 0.3) is 0 Å². The molecular weight excluding hydrogens is 747 g/mol. The van der Waals surface area contributed by atoms with Crippen molar-refractivity contribution in [2.24, 2.45) is 0 Å². The van der Waals surface area contributed by atoms with Crippen molar-refractivity contribution in [1.82, 2.24) is 0 Å². The summed E-state index contributed by atoms with van der Waals surface area (Å²) < 4.78 is 0. The van der Waals surface area contributed by atoms with Gasteiger partial charge in [0.15, 0.2) is 0 Å². The van der Waals surface area contributed by atoms with E-state index in [4.69, 9.17) is 0 Å². The lowest BCUT2D eigenvalue weighted by Crippen LogP contribution is -2.18. The molecule has 0 N–H and O–H groups in total. The van der Waals surface area contributed by atoms with Gasteiger partial charge in [0, 0.05) is 22.2 Å². The summed E-state index contributed by atoms with van der Waals surface area (Å²) in [6.45, 7) is 25.7. The third kappa shape index (κ3) is 7.26. The van der Waals surface area contributed by atoms with Gasteiger partial charge in [0.05, 0.1) is 11.4 Å². The lowest BCUT2D eigenvalue weighted by molar-refractivity contribution is 0.569. The lowest BCUT2D eigenvalue weighted by Gasteiger charge is -2.33. The smallest absolute Gasteiger partial charge is 0.0543 e. The van der Waals surface area contributed by atoms with Gasteiger partial charge in [0.1, 0.15) is 0 Å². The van der Waals surface area contributed by atoms with Crippen molar-refractivity contribution in [3.63, 3.8) is 0 Å². The first-order chi connectivity index (χ1) is 29.4. The van der Waals surface area contributed by atoms with E-state index in [9.17, 15) is 0 Å². The third-order valence-electron chi connectivity index (χ3n) is 13.3. The molecule has 0 atom stereocenters. The highest BCUT2D eigenvalue weighted by Crippen LogP contribution is 2.53. The van der Waals surface area contributed by atoms with Gasteiger partial charge in [-0.15, -0.1) is 0 Å². The molecule has 0 unspecified atom stereocenters. The topological polar surface area (TPSA) is 3.24 Å². The number of fused-ring (bicyclic) bond motifs is 4. The average Bonchev–Trinajstić information content (AvgIpc) is 3.48. The molecule has 8 aromatic rings. The third-order valence-corrected chi connectivity index (χ3v) is 13.3. The van der Waals surface area contributed by atoms with Crippen LogP contribution < -0.4 is 4.90 Å². The van der Waals surface area contributed by atoms with Crippen LogP contribution in [0.5, 0.6) is 0 Å². The number of benzene rings is 8. The molecule has 310 valence electrons. The van der Waals surface area contributed by atoms with E-state index in [1.54, 1.807) is 0 Å². The Bertz CT molecular complexity index is 2940. The zero-order valence-corrected chi connectivity index (χ0v) is 38.6. The summed E-state index contributed by atoms with van der Waals surface area (Å²) >= 11 is 0. The highest BCUT2D eigenvalue weighted by molar-refractivity contribution is 6.09. The Labute approximate surface area is 371 Å². The minimum Gasteiger partial charge on any atom is -0.309 e. The second kappa shape index (κ2) is 15.0. The predicted octanol–water partition coefficient (Wildman–Crippen LogP) is 17.5. The molecule has 8 aromatic carbocycles. The number of para-hydroxylation sites is 1. The largest absolute Gasteiger partial charge is 0.309 e. The van der Waals surface area contributed by atoms with E-state index in [2.05, 4.69) is 251 Å². The molecule has 0 heterocycles. The molecule has 9 rings (SSSR count). The maximum absolute atomic E-state index is 2.56. The van der Waals surface area contributed by atoms with Crippen LogP contribution in [0.3, 0.4) is 0 Å². The summed E-state index contributed by atoms with van der Waals surface area (Å²) in [5, 5.41) is 2.50. The minimum atomic E-state index is -0.152. The van der Waals surface area contributed by atoms with E-state index in [0.717, 1.165) is 17.1 Å². The first-order valence-electron chi connectivity index (χ1n) is 22.4. The number of hydrogen-bond donors (Lipinski definition) is 0. The number of nitrogens with zero attached hydrogens (tertiary/aromatic N) is 1. The van der Waals surface area contributed by atoms with Crippen LogP contribution >= 0.6 is 0 Å². The molecule has 0 bridgehead atoms. The maximum atomic E-state index is 2.56. The molecule has 1 aliphatic rings. The van der Waals surface area contributed by atoms with Gasteiger partial charge in [-0.1, -0.05) is 222 Å². The fraction of sp³-hybridized carbons (Fsp3) is 0.246. The van der Waals surface area contributed by atoms with Crippen molar-refractivity contribution in [2.45, 2.75) is 97.8 Å². The van der Waals surface area contributed by atoms with E-state index in [1.807, 2.05) is 0 Å². The van der Waals surface area contributed by atoms with Gasteiger partial charge in [-0.05, 0) is 112 Å². The van der Waals surface area contributed by atoms with Crippen molar-refractivity contribution in [2.75, 3.05) is 4.90 Å². The number of hydrogen-bond acceptors (Lipinski definition) is 1. The second-order valence-electron chi connectivity index (χ2n) is 21.1. The fourth-order valence-electron chi connectivity index (χ4n) is 9.64. The monoisotopic (exact) mass is 807 g/mol. The van der Waals surface area contributed by atoms with Crippen LogP contribution in [0, 0.1) is 0 Å². The summed E-state index contributed by atoms with van der Waals surface area (Å²) in [6.07, 6.45) is 0. The fourth-order valence-corrected chi connectivity index (χ4v) is 9.64. The van der Waals surface area contributed by atoms with Gasteiger partial charge >= 0.3 is 0 Å². The van der Waals surface area contributed by atoms with Crippen molar-refractivity contribution in [3.05, 3.63) is 198 Å². The SMILES string of the molecule is CC(C)(C)c1cc(-c2cccc3cccc(-c4ccccc4N(c4ccc5c(c4)C(C)(C)c4ccccc4-5)c4cc(C(C)(C)C)ccc4-c4ccccc4)c23)cc(C(C)(C)C)c1. The highest BCUT2D eigenvalue weighted by Gasteiger charge is 2.36. The van der Waals surface area contributed by atoms with Gasteiger partial charge in [0.2, 0.25) is 0 Å². The molecule has 0 spiro atoms. The zero-order valence-electron chi connectivity index (χ0n) is 38.6. The molecule has 1 nitrogen and oxygen atoms in total. The van der Waals surface area contributed by atoms with Crippen molar-refractivity contribution in [3.8, 4) is 44.5 Å². The van der Waals surface area contributed by atoms with E-state index in [0.29, 0.717) is 0 Å². The Balaban J connectivity index is 1.35. The number of anilines is 3. The first kappa shape index (κ1) is 41.2. The molecule has 0 saturated carbocycles. The Hall–Kier alpha value is -6.18. The van der Waals surface area contributed by atoms with Crippen LogP contribution in [0.2, 0.25) is 0 Å². The number of rotatable bonds is 6. The molecule has 0 fully saturated rings. The Morgan fingerprint density at radius 2 is 0.903 bits per heavy atom. The predicted molar refractivity (Wildman–Crippen MR) is 269 cm³/mol. The molecular formula is C61H61N. The van der Waals surface area contributed by atoms with Crippen LogP contribution in [0.4, 0.5) is 17.1 Å². The molecule has 62 heavy (non-hydrogen) atoms. The summed E-state index contributed by atoms with van der Waals surface area (Å²) in [5.41, 5.74) is 20.0. The van der Waals surface area contributed by atoms with Crippen LogP contribution in [0.25, 0.3) is 55.3 Å². The average molecular weight is 808 g/mol. The molecule has 0 aromatic heterocycles. The van der Waals surface area contributed by atoms with Crippen molar-refractivity contribution < 1.29 is 0 Å². The summed E-state index contributed by atoms with van der Waals surface area (Å²) in [6, 6.07) is 64.3. The van der Waals surface area contributed by atoms with Crippen LogP contribution in [0.1, 0.15) is 104 Å². The zero-order chi connectivity index (χ0) is 43.8. The minimum absolute atomic E-state index is 0.000369. The molecule has 0 amide bonds. The van der Waals surface area contributed by atoms with Gasteiger partial charge in [-0.2, -0.15) is 0 Å². The highest BCUT2D eigenvalue weighted by atomic mass is 15.1. The summed E-state index contributed by atoms with van der Waals surface area (Å²) in [4.78, 5) is 2.56. The Morgan fingerprint density at radius 3 is 1.56 bits per heavy atom. The van der Waals surface area contributed by atoms with E-state index >= 15 is 0 Å². The molecule has 0 saturated heterocycles. The van der Waals surface area contributed by atoms with E-state index in [-0.39, 0.29) is 21.7 Å². The van der Waals surface area contributed by atoms with Gasteiger partial charge < -0.3 is 4.90 Å². The van der Waals surface area contributed by atoms with E-state index < -0.39 is 0 Å². The van der Waals surface area contributed by atoms with Crippen molar-refractivity contribution >= 4 is 27.8 Å². The Morgan fingerprint density at radius 1 is 0.355 bits per heavy atom. The lowest BCUT2D eigenvalue weighted by atomic mass is 9.78. The van der Waals surface area contributed by atoms with Crippen LogP contribution in [0.15, 0.2) is 170 Å². The first-order valence-corrected chi connectivity index (χ1v) is 22.4. The van der Waals surface area contributed by atoms with Crippen LogP contribution in [-0.4, -0.2) is 0 Å². The van der Waals surface area contributed by atoms with Crippen LogP contribution in [-0.2, 0) is 21.7 Å². The van der Waals surface area contributed by atoms with E-state index in [1.165, 1.54) is 83.1 Å².